The molecule has 1 amide bonds. The molecule has 1 aliphatic rings. The predicted octanol–water partition coefficient (Wildman–Crippen LogP) is 2.19. The van der Waals surface area contributed by atoms with E-state index >= 15 is 0 Å². The summed E-state index contributed by atoms with van der Waals surface area (Å²) in [5.41, 5.74) is 0.460. The second kappa shape index (κ2) is 6.03. The monoisotopic (exact) mass is 301 g/mol. The Morgan fingerprint density at radius 1 is 1.18 bits per heavy atom. The number of morpholine rings is 1. The van der Waals surface area contributed by atoms with Gasteiger partial charge in [0.05, 0.1) is 25.0 Å². The number of nitrogens with zero attached hydrogens (tertiary/aromatic N) is 1. The van der Waals surface area contributed by atoms with Crippen molar-refractivity contribution in [1.82, 2.24) is 4.90 Å². The van der Waals surface area contributed by atoms with Crippen LogP contribution in [0.5, 0.6) is 0 Å². The lowest BCUT2D eigenvalue weighted by molar-refractivity contribution is -0.0321. The van der Waals surface area contributed by atoms with Crippen LogP contribution in [0.3, 0.4) is 0 Å². The van der Waals surface area contributed by atoms with Gasteiger partial charge in [-0.3, -0.25) is 4.79 Å². The van der Waals surface area contributed by atoms with Crippen LogP contribution in [0.2, 0.25) is 0 Å². The highest BCUT2D eigenvalue weighted by Gasteiger charge is 2.27. The molecular weight excluding hydrogens is 286 g/mol. The van der Waals surface area contributed by atoms with Crippen molar-refractivity contribution >= 4 is 11.9 Å². The van der Waals surface area contributed by atoms with Gasteiger partial charge in [0.1, 0.15) is 11.9 Å². The van der Waals surface area contributed by atoms with Crippen LogP contribution in [0.25, 0.3) is 0 Å². The fourth-order valence-corrected chi connectivity index (χ4v) is 2.45. The zero-order chi connectivity index (χ0) is 15.5. The quantitative estimate of drug-likeness (QED) is 0.940. The number of carbonyl (C=O) groups is 2. The second-order valence-electron chi connectivity index (χ2n) is 5.01. The Balaban J connectivity index is 1.77. The Labute approximate surface area is 126 Å². The van der Waals surface area contributed by atoms with Crippen molar-refractivity contribution in [2.75, 3.05) is 19.7 Å². The highest BCUT2D eigenvalue weighted by atomic mass is 16.5. The van der Waals surface area contributed by atoms with Crippen LogP contribution in [-0.2, 0) is 4.74 Å². The smallest absolute Gasteiger partial charge is 0.335 e. The minimum absolute atomic E-state index is 0.0988. The lowest BCUT2D eigenvalue weighted by atomic mass is 10.1. The third-order valence-corrected chi connectivity index (χ3v) is 3.57. The molecule has 1 aromatic carbocycles. The molecule has 6 heteroatoms. The Bertz CT molecular complexity index is 680. The fourth-order valence-electron chi connectivity index (χ4n) is 2.45. The number of carboxylic acid groups (broad SMARTS) is 1. The Hall–Kier alpha value is -2.60. The van der Waals surface area contributed by atoms with Crippen LogP contribution in [0.1, 0.15) is 32.6 Å². The molecule has 0 radical (unpaired) electrons. The number of amides is 1. The Kier molecular flexibility index (Phi) is 3.93. The van der Waals surface area contributed by atoms with E-state index < -0.39 is 5.97 Å². The van der Waals surface area contributed by atoms with Crippen molar-refractivity contribution in [2.45, 2.75) is 6.10 Å². The van der Waals surface area contributed by atoms with E-state index in [1.165, 1.54) is 12.1 Å². The summed E-state index contributed by atoms with van der Waals surface area (Å²) < 4.78 is 10.9. The SMILES string of the molecule is O=C(O)c1cccc(C(=O)N2CCO[C@H](c3ccco3)C2)c1. The molecule has 114 valence electrons. The van der Waals surface area contributed by atoms with E-state index in [1.807, 2.05) is 6.07 Å². The van der Waals surface area contributed by atoms with E-state index in [9.17, 15) is 9.59 Å². The van der Waals surface area contributed by atoms with Gasteiger partial charge in [-0.05, 0) is 30.3 Å². The number of hydrogen-bond acceptors (Lipinski definition) is 4. The van der Waals surface area contributed by atoms with Gasteiger partial charge in [-0.25, -0.2) is 4.79 Å². The van der Waals surface area contributed by atoms with E-state index in [4.69, 9.17) is 14.3 Å². The minimum atomic E-state index is -1.05. The van der Waals surface area contributed by atoms with E-state index in [0.717, 1.165) is 0 Å². The molecule has 1 fully saturated rings. The topological polar surface area (TPSA) is 80.0 Å². The Morgan fingerprint density at radius 2 is 2.00 bits per heavy atom. The summed E-state index contributed by atoms with van der Waals surface area (Å²) in [5.74, 6) is -0.579. The number of aromatic carboxylic acids is 1. The van der Waals surface area contributed by atoms with Crippen molar-refractivity contribution < 1.29 is 23.8 Å². The molecule has 1 atom stereocenters. The van der Waals surface area contributed by atoms with Crippen LogP contribution < -0.4 is 0 Å². The first-order valence-corrected chi connectivity index (χ1v) is 6.93. The van der Waals surface area contributed by atoms with E-state index in [0.29, 0.717) is 31.0 Å². The molecular formula is C16H15NO5. The third-order valence-electron chi connectivity index (χ3n) is 3.57. The van der Waals surface area contributed by atoms with Gasteiger partial charge in [0.2, 0.25) is 0 Å². The van der Waals surface area contributed by atoms with E-state index in [1.54, 1.807) is 29.4 Å². The average molecular weight is 301 g/mol. The molecule has 0 saturated carbocycles. The van der Waals surface area contributed by atoms with Gasteiger partial charge in [0, 0.05) is 12.1 Å². The summed E-state index contributed by atoms with van der Waals surface area (Å²) in [7, 11) is 0. The molecule has 6 nitrogen and oxygen atoms in total. The molecule has 2 heterocycles. The number of furan rings is 1. The minimum Gasteiger partial charge on any atom is -0.478 e. The Morgan fingerprint density at radius 3 is 2.73 bits per heavy atom. The van der Waals surface area contributed by atoms with Gasteiger partial charge in [0.25, 0.3) is 5.91 Å². The van der Waals surface area contributed by atoms with Gasteiger partial charge < -0.3 is 19.2 Å². The van der Waals surface area contributed by atoms with Crippen LogP contribution in [0, 0.1) is 0 Å². The van der Waals surface area contributed by atoms with Crippen molar-refractivity contribution in [3.8, 4) is 0 Å². The summed E-state index contributed by atoms with van der Waals surface area (Å²) in [5, 5.41) is 9.01. The molecule has 3 rings (SSSR count). The maximum Gasteiger partial charge on any atom is 0.335 e. The zero-order valence-corrected chi connectivity index (χ0v) is 11.8. The first kappa shape index (κ1) is 14.3. The molecule has 0 bridgehead atoms. The van der Waals surface area contributed by atoms with E-state index in [-0.39, 0.29) is 17.6 Å². The third kappa shape index (κ3) is 2.87. The molecule has 22 heavy (non-hydrogen) atoms. The lowest BCUT2D eigenvalue weighted by Crippen LogP contribution is -2.42. The molecule has 0 spiro atoms. The number of ether oxygens (including phenoxy) is 1. The zero-order valence-electron chi connectivity index (χ0n) is 11.8. The maximum absolute atomic E-state index is 12.5. The second-order valence-corrected chi connectivity index (χ2v) is 5.01. The van der Waals surface area contributed by atoms with Gasteiger partial charge >= 0.3 is 5.97 Å². The standard InChI is InChI=1S/C16H15NO5/c18-15(11-3-1-4-12(9-11)16(19)20)17-6-8-22-14(10-17)13-5-2-7-21-13/h1-5,7,9,14H,6,8,10H2,(H,19,20)/t14-/m0/s1. The van der Waals surface area contributed by atoms with E-state index in [2.05, 4.69) is 0 Å². The molecule has 1 saturated heterocycles. The average Bonchev–Trinajstić information content (AvgIpc) is 3.09. The summed E-state index contributed by atoms with van der Waals surface area (Å²) in [4.78, 5) is 25.2. The normalized spacial score (nSPS) is 18.2. The van der Waals surface area contributed by atoms with Crippen LogP contribution in [0.4, 0.5) is 0 Å². The first-order valence-electron chi connectivity index (χ1n) is 6.93. The number of rotatable bonds is 3. The van der Waals surface area contributed by atoms with Crippen LogP contribution in [-0.4, -0.2) is 41.6 Å². The van der Waals surface area contributed by atoms with Gasteiger partial charge in [-0.1, -0.05) is 6.07 Å². The maximum atomic E-state index is 12.5. The molecule has 1 N–H and O–H groups in total. The van der Waals surface area contributed by atoms with Gasteiger partial charge in [0.15, 0.2) is 0 Å². The van der Waals surface area contributed by atoms with Gasteiger partial charge in [-0.2, -0.15) is 0 Å². The van der Waals surface area contributed by atoms with Crippen molar-refractivity contribution in [1.29, 1.82) is 0 Å². The van der Waals surface area contributed by atoms with Gasteiger partial charge in [-0.15, -0.1) is 0 Å². The molecule has 0 unspecified atom stereocenters. The number of carbonyl (C=O) groups excluding carboxylic acids is 1. The summed E-state index contributed by atoms with van der Waals surface area (Å²) in [6.45, 7) is 1.26. The first-order chi connectivity index (χ1) is 10.6. The fraction of sp³-hybridized carbons (Fsp3) is 0.250. The number of carboxylic acids is 1. The summed E-state index contributed by atoms with van der Waals surface area (Å²) >= 11 is 0. The predicted molar refractivity (Wildman–Crippen MR) is 76.7 cm³/mol. The van der Waals surface area contributed by atoms with Crippen molar-refractivity contribution in [3.05, 3.63) is 59.5 Å². The molecule has 2 aromatic rings. The number of benzene rings is 1. The molecule has 0 aliphatic carbocycles. The molecule has 1 aromatic heterocycles. The summed E-state index contributed by atoms with van der Waals surface area (Å²) in [6.07, 6.45) is 1.27. The highest BCUT2D eigenvalue weighted by molar-refractivity contribution is 5.97. The van der Waals surface area contributed by atoms with Crippen molar-refractivity contribution in [2.24, 2.45) is 0 Å². The highest BCUT2D eigenvalue weighted by Crippen LogP contribution is 2.23. The largest absolute Gasteiger partial charge is 0.478 e. The summed E-state index contributed by atoms with van der Waals surface area (Å²) in [6, 6.07) is 9.62. The molecule has 1 aliphatic heterocycles. The number of hydrogen-bond donors (Lipinski definition) is 1. The van der Waals surface area contributed by atoms with Crippen molar-refractivity contribution in [3.63, 3.8) is 0 Å². The van der Waals surface area contributed by atoms with Crippen LogP contribution >= 0.6 is 0 Å². The lowest BCUT2D eigenvalue weighted by Gasteiger charge is -2.32. The van der Waals surface area contributed by atoms with Crippen LogP contribution in [0.15, 0.2) is 47.1 Å².